The average molecular weight is 228 g/mol. The van der Waals surface area contributed by atoms with Crippen molar-refractivity contribution in [2.24, 2.45) is 11.8 Å². The van der Waals surface area contributed by atoms with E-state index in [-0.39, 0.29) is 0 Å². The number of rotatable bonds is 5. The molecule has 0 radical (unpaired) electrons. The van der Waals surface area contributed by atoms with Gasteiger partial charge in [0.2, 0.25) is 5.78 Å². The van der Waals surface area contributed by atoms with Crippen LogP contribution in [0.1, 0.15) is 32.6 Å². The second-order valence-corrected chi connectivity index (χ2v) is 4.50. The highest BCUT2D eigenvalue weighted by Gasteiger charge is 2.22. The standard InChI is InChI=1S/C12H20O4/c1-9(13)12(14)16-8-11-5-3-10(4-6-11)7-15-2/h10-11H,3-8H2,1-2H3. The topological polar surface area (TPSA) is 52.6 Å². The molecule has 0 saturated heterocycles. The third kappa shape index (κ3) is 4.31. The summed E-state index contributed by atoms with van der Waals surface area (Å²) in [5.74, 6) is -0.173. The summed E-state index contributed by atoms with van der Waals surface area (Å²) in [5.41, 5.74) is 0. The Hall–Kier alpha value is -0.900. The van der Waals surface area contributed by atoms with Crippen LogP contribution in [0.3, 0.4) is 0 Å². The zero-order valence-corrected chi connectivity index (χ0v) is 10.0. The molecule has 0 aromatic heterocycles. The minimum atomic E-state index is -0.709. The quantitative estimate of drug-likeness (QED) is 0.529. The van der Waals surface area contributed by atoms with Gasteiger partial charge in [-0.15, -0.1) is 0 Å². The summed E-state index contributed by atoms with van der Waals surface area (Å²) in [6.45, 7) is 2.44. The maximum absolute atomic E-state index is 11.0. The van der Waals surface area contributed by atoms with Gasteiger partial charge in [0.15, 0.2) is 0 Å². The van der Waals surface area contributed by atoms with Gasteiger partial charge in [-0.05, 0) is 37.5 Å². The van der Waals surface area contributed by atoms with Crippen molar-refractivity contribution in [3.63, 3.8) is 0 Å². The average Bonchev–Trinajstić information content (AvgIpc) is 2.28. The summed E-state index contributed by atoms with van der Waals surface area (Å²) in [7, 11) is 1.72. The van der Waals surface area contributed by atoms with Crippen LogP contribution in [0.2, 0.25) is 0 Å². The van der Waals surface area contributed by atoms with E-state index in [1.165, 1.54) is 6.92 Å². The summed E-state index contributed by atoms with van der Waals surface area (Å²) in [6, 6.07) is 0. The smallest absolute Gasteiger partial charge is 0.374 e. The molecule has 16 heavy (non-hydrogen) atoms. The maximum Gasteiger partial charge on any atom is 0.374 e. The van der Waals surface area contributed by atoms with Crippen molar-refractivity contribution < 1.29 is 19.1 Å². The second kappa shape index (κ2) is 6.63. The third-order valence-electron chi connectivity index (χ3n) is 3.11. The lowest BCUT2D eigenvalue weighted by Gasteiger charge is -2.27. The molecular weight excluding hydrogens is 208 g/mol. The number of carbonyl (C=O) groups is 2. The Kier molecular flexibility index (Phi) is 5.46. The van der Waals surface area contributed by atoms with Crippen molar-refractivity contribution in [3.8, 4) is 0 Å². The molecule has 92 valence electrons. The molecule has 0 bridgehead atoms. The number of ether oxygens (including phenoxy) is 2. The molecule has 0 aromatic carbocycles. The van der Waals surface area contributed by atoms with Crippen molar-refractivity contribution in [2.75, 3.05) is 20.3 Å². The minimum absolute atomic E-state index is 0.387. The van der Waals surface area contributed by atoms with Gasteiger partial charge in [0.1, 0.15) is 0 Å². The molecule has 1 aliphatic carbocycles. The highest BCUT2D eigenvalue weighted by molar-refractivity contribution is 6.32. The molecule has 4 nitrogen and oxygen atoms in total. The van der Waals surface area contributed by atoms with Gasteiger partial charge < -0.3 is 9.47 Å². The van der Waals surface area contributed by atoms with E-state index in [1.54, 1.807) is 7.11 Å². The van der Waals surface area contributed by atoms with Crippen molar-refractivity contribution in [2.45, 2.75) is 32.6 Å². The number of hydrogen-bond donors (Lipinski definition) is 0. The number of Topliss-reactive ketones (excluding diaryl/α,β-unsaturated/α-hetero) is 1. The monoisotopic (exact) mass is 228 g/mol. The van der Waals surface area contributed by atoms with Gasteiger partial charge in [-0.25, -0.2) is 4.79 Å². The Bertz CT molecular complexity index is 241. The molecule has 0 unspecified atom stereocenters. The van der Waals surface area contributed by atoms with Gasteiger partial charge in [-0.2, -0.15) is 0 Å². The lowest BCUT2D eigenvalue weighted by atomic mass is 9.83. The van der Waals surface area contributed by atoms with Crippen LogP contribution in [0.15, 0.2) is 0 Å². The van der Waals surface area contributed by atoms with E-state index in [0.717, 1.165) is 32.3 Å². The number of carbonyl (C=O) groups excluding carboxylic acids is 2. The van der Waals surface area contributed by atoms with Gasteiger partial charge in [-0.1, -0.05) is 0 Å². The Morgan fingerprint density at radius 3 is 2.00 bits per heavy atom. The number of esters is 1. The molecule has 4 heteroatoms. The predicted molar refractivity (Wildman–Crippen MR) is 59.0 cm³/mol. The van der Waals surface area contributed by atoms with Crippen LogP contribution < -0.4 is 0 Å². The highest BCUT2D eigenvalue weighted by atomic mass is 16.5. The fourth-order valence-corrected chi connectivity index (χ4v) is 2.10. The van der Waals surface area contributed by atoms with Crippen LogP contribution in [0.4, 0.5) is 0 Å². The molecular formula is C12H20O4. The number of hydrogen-bond acceptors (Lipinski definition) is 4. The minimum Gasteiger partial charge on any atom is -0.460 e. The van der Waals surface area contributed by atoms with E-state index >= 15 is 0 Å². The van der Waals surface area contributed by atoms with Crippen molar-refractivity contribution >= 4 is 11.8 Å². The SMILES string of the molecule is COCC1CCC(COC(=O)C(C)=O)CC1. The number of methoxy groups -OCH3 is 1. The third-order valence-corrected chi connectivity index (χ3v) is 3.11. The zero-order valence-electron chi connectivity index (χ0n) is 10.0. The molecule has 0 N–H and O–H groups in total. The Balaban J connectivity index is 2.17. The molecule has 1 rings (SSSR count). The zero-order chi connectivity index (χ0) is 12.0. The van der Waals surface area contributed by atoms with Gasteiger partial charge in [0, 0.05) is 20.6 Å². The van der Waals surface area contributed by atoms with Crippen LogP contribution in [0.25, 0.3) is 0 Å². The summed E-state index contributed by atoms with van der Waals surface area (Å²) in [4.78, 5) is 21.6. The van der Waals surface area contributed by atoms with E-state index in [9.17, 15) is 9.59 Å². The molecule has 0 aliphatic heterocycles. The first kappa shape index (κ1) is 13.2. The first-order valence-electron chi connectivity index (χ1n) is 5.80. The van der Waals surface area contributed by atoms with Crippen molar-refractivity contribution in [1.29, 1.82) is 0 Å². The molecule has 0 aromatic rings. The van der Waals surface area contributed by atoms with Crippen LogP contribution >= 0.6 is 0 Å². The van der Waals surface area contributed by atoms with Gasteiger partial charge in [0.05, 0.1) is 6.61 Å². The number of ketones is 1. The maximum atomic E-state index is 11.0. The first-order valence-corrected chi connectivity index (χ1v) is 5.80. The van der Waals surface area contributed by atoms with Gasteiger partial charge >= 0.3 is 5.97 Å². The Morgan fingerprint density at radius 1 is 1.06 bits per heavy atom. The summed E-state index contributed by atoms with van der Waals surface area (Å²) >= 11 is 0. The molecule has 0 amide bonds. The van der Waals surface area contributed by atoms with Crippen molar-refractivity contribution in [3.05, 3.63) is 0 Å². The second-order valence-electron chi connectivity index (χ2n) is 4.50. The Morgan fingerprint density at radius 2 is 1.56 bits per heavy atom. The largest absolute Gasteiger partial charge is 0.460 e. The van der Waals surface area contributed by atoms with E-state index in [2.05, 4.69) is 0 Å². The molecule has 1 aliphatic rings. The Labute approximate surface area is 96.3 Å². The lowest BCUT2D eigenvalue weighted by molar-refractivity contribution is -0.154. The summed E-state index contributed by atoms with van der Waals surface area (Å²) < 4.78 is 10.0. The van der Waals surface area contributed by atoms with E-state index in [4.69, 9.17) is 9.47 Å². The van der Waals surface area contributed by atoms with Crippen LogP contribution in [-0.2, 0) is 19.1 Å². The molecule has 0 heterocycles. The van der Waals surface area contributed by atoms with E-state index in [1.807, 2.05) is 0 Å². The van der Waals surface area contributed by atoms with E-state index < -0.39 is 11.8 Å². The van der Waals surface area contributed by atoms with Crippen LogP contribution in [0.5, 0.6) is 0 Å². The van der Waals surface area contributed by atoms with Crippen molar-refractivity contribution in [1.82, 2.24) is 0 Å². The van der Waals surface area contributed by atoms with E-state index in [0.29, 0.717) is 18.4 Å². The molecule has 0 spiro atoms. The summed E-state index contributed by atoms with van der Waals surface area (Å²) in [6.07, 6.45) is 4.35. The normalized spacial score (nSPS) is 25.1. The lowest BCUT2D eigenvalue weighted by Crippen LogP contribution is -2.24. The van der Waals surface area contributed by atoms with Crippen LogP contribution in [-0.4, -0.2) is 32.1 Å². The van der Waals surface area contributed by atoms with Gasteiger partial charge in [-0.3, -0.25) is 4.79 Å². The fourth-order valence-electron chi connectivity index (χ4n) is 2.10. The first-order chi connectivity index (χ1) is 7.63. The van der Waals surface area contributed by atoms with Crippen LogP contribution in [0, 0.1) is 11.8 Å². The molecule has 1 saturated carbocycles. The van der Waals surface area contributed by atoms with Gasteiger partial charge in [0.25, 0.3) is 0 Å². The highest BCUT2D eigenvalue weighted by Crippen LogP contribution is 2.28. The predicted octanol–water partition coefficient (Wildman–Crippen LogP) is 1.57. The molecule has 0 atom stereocenters. The molecule has 1 fully saturated rings. The fraction of sp³-hybridized carbons (Fsp3) is 0.833. The summed E-state index contributed by atoms with van der Waals surface area (Å²) in [5, 5.41) is 0.